The summed E-state index contributed by atoms with van der Waals surface area (Å²) in [6, 6.07) is 7.78. The molecule has 2 rings (SSSR count). The maximum absolute atomic E-state index is 6.07. The Hall–Kier alpha value is -1.10. The van der Waals surface area contributed by atoms with Crippen LogP contribution in [0.25, 0.3) is 0 Å². The van der Waals surface area contributed by atoms with Crippen LogP contribution >= 0.6 is 23.4 Å². The van der Waals surface area contributed by atoms with Gasteiger partial charge in [-0.15, -0.1) is 0 Å². The van der Waals surface area contributed by atoms with Crippen LogP contribution in [0.15, 0.2) is 41.8 Å². The molecule has 3 nitrogen and oxygen atoms in total. The first-order chi connectivity index (χ1) is 8.29. The molecule has 88 valence electrons. The Morgan fingerprint density at radius 3 is 2.53 bits per heavy atom. The van der Waals surface area contributed by atoms with Crippen LogP contribution in [0.2, 0.25) is 5.02 Å². The van der Waals surface area contributed by atoms with Gasteiger partial charge in [-0.2, -0.15) is 0 Å². The quantitative estimate of drug-likeness (QED) is 0.682. The van der Waals surface area contributed by atoms with E-state index in [9.17, 15) is 0 Å². The molecule has 0 unspecified atom stereocenters. The summed E-state index contributed by atoms with van der Waals surface area (Å²) >= 11 is 7.63. The normalized spacial score (nSPS) is 10.5. The van der Waals surface area contributed by atoms with Gasteiger partial charge in [0.05, 0.1) is 0 Å². The highest BCUT2D eigenvalue weighted by atomic mass is 35.5. The van der Waals surface area contributed by atoms with Crippen LogP contribution in [0.3, 0.4) is 0 Å². The Morgan fingerprint density at radius 2 is 1.88 bits per heavy atom. The average Bonchev–Trinajstić information content (AvgIpc) is 2.38. The molecule has 0 amide bonds. The first-order valence-corrected chi connectivity index (χ1v) is 6.53. The van der Waals surface area contributed by atoms with E-state index >= 15 is 0 Å². The number of benzene rings is 1. The molecule has 0 aliphatic carbocycles. The molecule has 17 heavy (non-hydrogen) atoms. The molecule has 0 radical (unpaired) electrons. The second-order valence-corrected chi connectivity index (χ2v) is 4.81. The molecule has 0 fully saturated rings. The average molecular weight is 266 g/mol. The van der Waals surface area contributed by atoms with E-state index in [2.05, 4.69) is 9.97 Å². The molecule has 0 bridgehead atoms. The molecule has 1 aromatic carbocycles. The van der Waals surface area contributed by atoms with Crippen molar-refractivity contribution in [2.24, 2.45) is 5.73 Å². The number of aromatic nitrogens is 2. The van der Waals surface area contributed by atoms with Gasteiger partial charge in [0, 0.05) is 35.3 Å². The summed E-state index contributed by atoms with van der Waals surface area (Å²) in [5.41, 5.74) is 7.51. The first kappa shape index (κ1) is 12.4. The summed E-state index contributed by atoms with van der Waals surface area (Å²) in [7, 11) is 0. The molecule has 1 heterocycles. The maximum Gasteiger partial charge on any atom is 0.187 e. The number of hydrogen-bond acceptors (Lipinski definition) is 4. The summed E-state index contributed by atoms with van der Waals surface area (Å²) in [6.45, 7) is 0.468. The van der Waals surface area contributed by atoms with Gasteiger partial charge in [-0.05, 0) is 11.6 Å². The van der Waals surface area contributed by atoms with Crippen LogP contribution in [-0.2, 0) is 12.3 Å². The van der Waals surface area contributed by atoms with Crippen molar-refractivity contribution in [2.75, 3.05) is 0 Å². The molecule has 2 aromatic rings. The monoisotopic (exact) mass is 265 g/mol. The lowest BCUT2D eigenvalue weighted by Crippen LogP contribution is -1.98. The Kier molecular flexibility index (Phi) is 4.36. The second-order valence-electron chi connectivity index (χ2n) is 3.46. The second kappa shape index (κ2) is 6.00. The summed E-state index contributed by atoms with van der Waals surface area (Å²) in [4.78, 5) is 8.45. The minimum atomic E-state index is 0.468. The van der Waals surface area contributed by atoms with Gasteiger partial charge in [0.15, 0.2) is 5.16 Å². The molecule has 2 N–H and O–H groups in total. The van der Waals surface area contributed by atoms with Gasteiger partial charge < -0.3 is 5.73 Å². The van der Waals surface area contributed by atoms with Crippen molar-refractivity contribution in [2.45, 2.75) is 17.5 Å². The summed E-state index contributed by atoms with van der Waals surface area (Å²) in [6.07, 6.45) is 3.50. The summed E-state index contributed by atoms with van der Waals surface area (Å²) < 4.78 is 0. The van der Waals surface area contributed by atoms with E-state index in [-0.39, 0.29) is 0 Å². The third-order valence-electron chi connectivity index (χ3n) is 2.23. The SMILES string of the molecule is NCc1cnc(SCc2ccccc2Cl)nc1. The van der Waals surface area contributed by atoms with Crippen LogP contribution in [0.1, 0.15) is 11.1 Å². The van der Waals surface area contributed by atoms with E-state index in [4.69, 9.17) is 17.3 Å². The molecule has 0 spiro atoms. The van der Waals surface area contributed by atoms with Gasteiger partial charge in [0.2, 0.25) is 0 Å². The Bertz CT molecular complexity index is 487. The summed E-state index contributed by atoms with van der Waals surface area (Å²) in [5.74, 6) is 0.766. The molecule has 1 aromatic heterocycles. The third kappa shape index (κ3) is 3.43. The van der Waals surface area contributed by atoms with Crippen LogP contribution in [0, 0.1) is 0 Å². The van der Waals surface area contributed by atoms with Gasteiger partial charge >= 0.3 is 0 Å². The largest absolute Gasteiger partial charge is 0.326 e. The molecule has 0 saturated carbocycles. The van der Waals surface area contributed by atoms with Crippen LogP contribution < -0.4 is 5.73 Å². The Morgan fingerprint density at radius 1 is 1.18 bits per heavy atom. The van der Waals surface area contributed by atoms with E-state index in [0.29, 0.717) is 6.54 Å². The number of hydrogen-bond donors (Lipinski definition) is 1. The van der Waals surface area contributed by atoms with Crippen molar-refractivity contribution >= 4 is 23.4 Å². The number of nitrogens with two attached hydrogens (primary N) is 1. The standard InChI is InChI=1S/C12H12ClN3S/c13-11-4-2-1-3-10(11)8-17-12-15-6-9(5-14)7-16-12/h1-4,6-7H,5,8,14H2. The highest BCUT2D eigenvalue weighted by molar-refractivity contribution is 7.98. The van der Waals surface area contributed by atoms with Crippen molar-refractivity contribution in [1.82, 2.24) is 9.97 Å². The third-order valence-corrected chi connectivity index (χ3v) is 3.53. The molecule has 0 aliphatic rings. The topological polar surface area (TPSA) is 51.8 Å². The van der Waals surface area contributed by atoms with Gasteiger partial charge in [0.1, 0.15) is 0 Å². The minimum absolute atomic E-state index is 0.468. The van der Waals surface area contributed by atoms with Crippen LogP contribution in [0.4, 0.5) is 0 Å². The van der Waals surface area contributed by atoms with Gasteiger partial charge in [-0.25, -0.2) is 9.97 Å². The van der Waals surface area contributed by atoms with Crippen molar-refractivity contribution in [3.05, 3.63) is 52.8 Å². The van der Waals surface area contributed by atoms with E-state index in [1.54, 1.807) is 24.2 Å². The van der Waals surface area contributed by atoms with E-state index < -0.39 is 0 Å². The fraction of sp³-hybridized carbons (Fsp3) is 0.167. The zero-order valence-electron chi connectivity index (χ0n) is 9.14. The molecule has 0 aliphatic heterocycles. The lowest BCUT2D eigenvalue weighted by molar-refractivity contribution is 0.913. The van der Waals surface area contributed by atoms with Crippen molar-refractivity contribution in [3.63, 3.8) is 0 Å². The predicted octanol–water partition coefficient (Wildman–Crippen LogP) is 2.88. The number of rotatable bonds is 4. The number of nitrogens with zero attached hydrogens (tertiary/aromatic N) is 2. The molecule has 0 atom stereocenters. The molecular formula is C12H12ClN3S. The first-order valence-electron chi connectivity index (χ1n) is 5.17. The smallest absolute Gasteiger partial charge is 0.187 e. The lowest BCUT2D eigenvalue weighted by atomic mass is 10.2. The highest BCUT2D eigenvalue weighted by Gasteiger charge is 2.02. The van der Waals surface area contributed by atoms with Crippen molar-refractivity contribution < 1.29 is 0 Å². The van der Waals surface area contributed by atoms with Gasteiger partial charge in [-0.1, -0.05) is 41.6 Å². The van der Waals surface area contributed by atoms with Crippen LogP contribution in [0.5, 0.6) is 0 Å². The Labute approximate surface area is 109 Å². The Balaban J connectivity index is 2.00. The van der Waals surface area contributed by atoms with Crippen molar-refractivity contribution in [1.29, 1.82) is 0 Å². The molecule has 5 heteroatoms. The van der Waals surface area contributed by atoms with E-state index in [1.165, 1.54) is 0 Å². The van der Waals surface area contributed by atoms with E-state index in [1.807, 2.05) is 24.3 Å². The lowest BCUT2D eigenvalue weighted by Gasteiger charge is -2.03. The van der Waals surface area contributed by atoms with Gasteiger partial charge in [-0.3, -0.25) is 0 Å². The summed E-state index contributed by atoms with van der Waals surface area (Å²) in [5, 5.41) is 1.51. The minimum Gasteiger partial charge on any atom is -0.326 e. The fourth-order valence-corrected chi connectivity index (χ4v) is 2.35. The predicted molar refractivity (Wildman–Crippen MR) is 70.9 cm³/mol. The maximum atomic E-state index is 6.07. The number of halogens is 1. The van der Waals surface area contributed by atoms with Crippen LogP contribution in [-0.4, -0.2) is 9.97 Å². The zero-order valence-corrected chi connectivity index (χ0v) is 10.7. The van der Waals surface area contributed by atoms with Gasteiger partial charge in [0.25, 0.3) is 0 Å². The van der Waals surface area contributed by atoms with Crippen molar-refractivity contribution in [3.8, 4) is 0 Å². The molecular weight excluding hydrogens is 254 g/mol. The zero-order chi connectivity index (χ0) is 12.1. The van der Waals surface area contributed by atoms with E-state index in [0.717, 1.165) is 27.1 Å². The fourth-order valence-electron chi connectivity index (χ4n) is 1.28. The number of thioether (sulfide) groups is 1. The highest BCUT2D eigenvalue weighted by Crippen LogP contribution is 2.23. The molecule has 0 saturated heterocycles.